The van der Waals surface area contributed by atoms with Crippen LogP contribution in [0.3, 0.4) is 0 Å². The number of pyridine rings is 1. The van der Waals surface area contributed by atoms with E-state index in [0.29, 0.717) is 0 Å². The molecule has 18 heavy (non-hydrogen) atoms. The molecule has 1 aliphatic heterocycles. The van der Waals surface area contributed by atoms with Gasteiger partial charge in [0.05, 0.1) is 11.7 Å². The summed E-state index contributed by atoms with van der Waals surface area (Å²) in [5.41, 5.74) is 2.05. The normalized spacial score (nSPS) is 20.6. The molecule has 2 N–H and O–H groups in total. The van der Waals surface area contributed by atoms with Gasteiger partial charge in [0.25, 0.3) is 0 Å². The van der Waals surface area contributed by atoms with Gasteiger partial charge in [0.1, 0.15) is 0 Å². The first-order valence-corrected chi connectivity index (χ1v) is 6.39. The maximum absolute atomic E-state index is 11.8. The van der Waals surface area contributed by atoms with E-state index in [2.05, 4.69) is 20.5 Å². The molecule has 1 atom stereocenters. The fourth-order valence-electron chi connectivity index (χ4n) is 2.32. The highest BCUT2D eigenvalue weighted by molar-refractivity contribution is 5.82. The minimum atomic E-state index is -0.0289. The lowest BCUT2D eigenvalue weighted by molar-refractivity contribution is -0.129. The lowest BCUT2D eigenvalue weighted by Crippen LogP contribution is -2.54. The molecule has 0 saturated carbocycles. The molecule has 1 saturated heterocycles. The summed E-state index contributed by atoms with van der Waals surface area (Å²) in [7, 11) is 1.89. The van der Waals surface area contributed by atoms with E-state index in [9.17, 15) is 4.79 Å². The highest BCUT2D eigenvalue weighted by atomic mass is 16.2. The lowest BCUT2D eigenvalue weighted by atomic mass is 10.1. The quantitative estimate of drug-likeness (QED) is 0.829. The molecule has 2 rings (SSSR count). The van der Waals surface area contributed by atoms with Crippen LogP contribution in [0.25, 0.3) is 0 Å². The van der Waals surface area contributed by atoms with Crippen LogP contribution in [0.4, 0.5) is 5.69 Å². The number of rotatable bonds is 4. The zero-order valence-corrected chi connectivity index (χ0v) is 10.9. The van der Waals surface area contributed by atoms with Gasteiger partial charge in [0, 0.05) is 38.6 Å². The Hall–Kier alpha value is -1.62. The van der Waals surface area contributed by atoms with E-state index in [1.165, 1.54) is 0 Å². The minimum absolute atomic E-state index is 0.0289. The third-order valence-corrected chi connectivity index (χ3v) is 3.30. The fourth-order valence-corrected chi connectivity index (χ4v) is 2.32. The number of carbonyl (C=O) groups excluding carboxylic acids is 1. The lowest BCUT2D eigenvalue weighted by Gasteiger charge is -2.34. The van der Waals surface area contributed by atoms with Gasteiger partial charge in [0.15, 0.2) is 0 Å². The second kappa shape index (κ2) is 5.82. The summed E-state index contributed by atoms with van der Waals surface area (Å²) in [6.07, 6.45) is 2.63. The van der Waals surface area contributed by atoms with Gasteiger partial charge in [0.2, 0.25) is 5.91 Å². The van der Waals surface area contributed by atoms with Crippen LogP contribution in [-0.4, -0.2) is 42.0 Å². The van der Waals surface area contributed by atoms with E-state index < -0.39 is 0 Å². The number of piperazine rings is 1. The number of aromatic nitrogens is 1. The standard InChI is InChI=1S/C13H20N4O/c1-3-12-13(18)16-6-7-17(12)9-11-8-10(14-2)4-5-15-11/h4-5,8,12H,3,6-7,9H2,1-2H3,(H,14,15)(H,16,18). The Bertz CT molecular complexity index is 421. The topological polar surface area (TPSA) is 57.3 Å². The van der Waals surface area contributed by atoms with Crippen molar-refractivity contribution in [3.8, 4) is 0 Å². The molecule has 98 valence electrons. The average molecular weight is 248 g/mol. The Morgan fingerprint density at radius 3 is 3.17 bits per heavy atom. The number of hydrogen-bond donors (Lipinski definition) is 2. The van der Waals surface area contributed by atoms with Crippen molar-refractivity contribution in [1.82, 2.24) is 15.2 Å². The summed E-state index contributed by atoms with van der Waals surface area (Å²) in [6.45, 7) is 4.37. The number of amides is 1. The van der Waals surface area contributed by atoms with Crippen molar-refractivity contribution in [3.63, 3.8) is 0 Å². The molecule has 1 aliphatic rings. The monoisotopic (exact) mass is 248 g/mol. The number of carbonyl (C=O) groups is 1. The maximum atomic E-state index is 11.8. The minimum Gasteiger partial charge on any atom is -0.388 e. The molecule has 2 heterocycles. The predicted octanol–water partition coefficient (Wildman–Crippen LogP) is 0.834. The zero-order valence-electron chi connectivity index (χ0n) is 10.9. The van der Waals surface area contributed by atoms with Crippen LogP contribution in [0.2, 0.25) is 0 Å². The molecule has 1 aromatic heterocycles. The fraction of sp³-hybridized carbons (Fsp3) is 0.538. The molecule has 1 aromatic rings. The summed E-state index contributed by atoms with van der Waals surface area (Å²) in [4.78, 5) is 18.3. The SMILES string of the molecule is CCC1C(=O)NCCN1Cc1cc(NC)ccn1. The third kappa shape index (κ3) is 2.79. The summed E-state index contributed by atoms with van der Waals surface area (Å²) in [5, 5.41) is 6.01. The van der Waals surface area contributed by atoms with Gasteiger partial charge in [-0.15, -0.1) is 0 Å². The van der Waals surface area contributed by atoms with E-state index in [0.717, 1.165) is 37.4 Å². The maximum Gasteiger partial charge on any atom is 0.237 e. The van der Waals surface area contributed by atoms with Crippen molar-refractivity contribution in [1.29, 1.82) is 0 Å². The first-order chi connectivity index (χ1) is 8.74. The van der Waals surface area contributed by atoms with E-state index in [1.807, 2.05) is 26.1 Å². The van der Waals surface area contributed by atoms with Gasteiger partial charge < -0.3 is 10.6 Å². The largest absolute Gasteiger partial charge is 0.388 e. The van der Waals surface area contributed by atoms with Crippen LogP contribution < -0.4 is 10.6 Å². The Kier molecular flexibility index (Phi) is 4.15. The van der Waals surface area contributed by atoms with Crippen LogP contribution in [0, 0.1) is 0 Å². The van der Waals surface area contributed by atoms with E-state index in [4.69, 9.17) is 0 Å². The van der Waals surface area contributed by atoms with Crippen LogP contribution in [0.5, 0.6) is 0 Å². The van der Waals surface area contributed by atoms with Crippen molar-refractivity contribution < 1.29 is 4.79 Å². The molecular formula is C13H20N4O. The molecule has 0 aromatic carbocycles. The van der Waals surface area contributed by atoms with Crippen LogP contribution in [0.1, 0.15) is 19.0 Å². The summed E-state index contributed by atoms with van der Waals surface area (Å²) < 4.78 is 0. The number of nitrogens with zero attached hydrogens (tertiary/aromatic N) is 2. The molecule has 0 spiro atoms. The number of nitrogens with one attached hydrogen (secondary N) is 2. The average Bonchev–Trinajstić information content (AvgIpc) is 2.39. The first-order valence-electron chi connectivity index (χ1n) is 6.39. The predicted molar refractivity (Wildman–Crippen MR) is 71.3 cm³/mol. The third-order valence-electron chi connectivity index (χ3n) is 3.30. The Balaban J connectivity index is 2.09. The Morgan fingerprint density at radius 2 is 2.44 bits per heavy atom. The summed E-state index contributed by atoms with van der Waals surface area (Å²) in [5.74, 6) is 0.133. The molecule has 0 radical (unpaired) electrons. The Labute approximate surface area is 108 Å². The highest BCUT2D eigenvalue weighted by Crippen LogP contribution is 2.14. The smallest absolute Gasteiger partial charge is 0.237 e. The zero-order chi connectivity index (χ0) is 13.0. The first kappa shape index (κ1) is 12.8. The Morgan fingerprint density at radius 1 is 1.61 bits per heavy atom. The molecular weight excluding hydrogens is 228 g/mol. The molecule has 1 fully saturated rings. The number of hydrogen-bond acceptors (Lipinski definition) is 4. The van der Waals surface area contributed by atoms with Gasteiger partial charge in [-0.25, -0.2) is 0 Å². The van der Waals surface area contributed by atoms with Crippen molar-refractivity contribution in [3.05, 3.63) is 24.0 Å². The molecule has 0 bridgehead atoms. The van der Waals surface area contributed by atoms with Crippen molar-refractivity contribution in [2.75, 3.05) is 25.5 Å². The summed E-state index contributed by atoms with van der Waals surface area (Å²) >= 11 is 0. The van der Waals surface area contributed by atoms with Crippen molar-refractivity contribution in [2.45, 2.75) is 25.9 Å². The highest BCUT2D eigenvalue weighted by Gasteiger charge is 2.27. The molecule has 1 unspecified atom stereocenters. The van der Waals surface area contributed by atoms with Gasteiger partial charge in [-0.2, -0.15) is 0 Å². The van der Waals surface area contributed by atoms with Gasteiger partial charge in [-0.3, -0.25) is 14.7 Å². The van der Waals surface area contributed by atoms with E-state index in [1.54, 1.807) is 6.20 Å². The second-order valence-corrected chi connectivity index (χ2v) is 4.47. The molecule has 0 aliphatic carbocycles. The van der Waals surface area contributed by atoms with Gasteiger partial charge in [-0.1, -0.05) is 6.92 Å². The number of anilines is 1. The van der Waals surface area contributed by atoms with Crippen LogP contribution in [-0.2, 0) is 11.3 Å². The van der Waals surface area contributed by atoms with E-state index >= 15 is 0 Å². The van der Waals surface area contributed by atoms with Crippen molar-refractivity contribution >= 4 is 11.6 Å². The van der Waals surface area contributed by atoms with Gasteiger partial charge in [-0.05, 0) is 18.6 Å². The van der Waals surface area contributed by atoms with Crippen LogP contribution >= 0.6 is 0 Å². The summed E-state index contributed by atoms with van der Waals surface area (Å²) in [6, 6.07) is 3.93. The van der Waals surface area contributed by atoms with Crippen molar-refractivity contribution in [2.24, 2.45) is 0 Å². The molecule has 1 amide bonds. The van der Waals surface area contributed by atoms with Crippen LogP contribution in [0.15, 0.2) is 18.3 Å². The molecule has 5 nitrogen and oxygen atoms in total. The van der Waals surface area contributed by atoms with Gasteiger partial charge >= 0.3 is 0 Å². The molecule has 5 heteroatoms. The van der Waals surface area contributed by atoms with E-state index in [-0.39, 0.29) is 11.9 Å². The second-order valence-electron chi connectivity index (χ2n) is 4.47.